The quantitative estimate of drug-likeness (QED) is 0.852. The maximum Gasteiger partial charge on any atom is 0.133 e. The molecule has 1 aromatic rings. The number of hydrogen-bond donors (Lipinski definition) is 1. The topological polar surface area (TPSA) is 23.5 Å². The third kappa shape index (κ3) is 2.20. The highest BCUT2D eigenvalue weighted by Crippen LogP contribution is 2.22. The molecule has 1 fully saturated rings. The lowest BCUT2D eigenvalue weighted by atomic mass is 10.0. The van der Waals surface area contributed by atoms with Gasteiger partial charge in [-0.1, -0.05) is 0 Å². The Labute approximate surface area is 91.3 Å². The van der Waals surface area contributed by atoms with Crippen LogP contribution in [-0.4, -0.2) is 29.7 Å². The van der Waals surface area contributed by atoms with E-state index in [2.05, 4.69) is 0 Å². The normalized spacial score (nSPS) is 17.5. The largest absolute Gasteiger partial charge is 0.396 e. The molecule has 0 unspecified atom stereocenters. The predicted octanol–water partition coefficient (Wildman–Crippen LogP) is 1.53. The third-order valence-corrected chi connectivity index (χ3v) is 2.78. The summed E-state index contributed by atoms with van der Waals surface area (Å²) in [5.74, 6) is -2.43. The molecule has 0 aliphatic carbocycles. The summed E-state index contributed by atoms with van der Waals surface area (Å²) in [5.41, 5.74) is -0.113. The van der Waals surface area contributed by atoms with Crippen LogP contribution in [0.25, 0.3) is 0 Å². The van der Waals surface area contributed by atoms with Gasteiger partial charge in [0.05, 0.1) is 0 Å². The van der Waals surface area contributed by atoms with Crippen LogP contribution in [0.5, 0.6) is 0 Å². The van der Waals surface area contributed by atoms with E-state index in [9.17, 15) is 13.2 Å². The van der Waals surface area contributed by atoms with Crippen LogP contribution in [0.1, 0.15) is 5.56 Å². The summed E-state index contributed by atoms with van der Waals surface area (Å²) in [6.07, 6.45) is 0. The van der Waals surface area contributed by atoms with Gasteiger partial charge in [-0.2, -0.15) is 0 Å². The number of rotatable bonds is 3. The highest BCUT2D eigenvalue weighted by atomic mass is 19.1. The van der Waals surface area contributed by atoms with Gasteiger partial charge in [0, 0.05) is 49.9 Å². The van der Waals surface area contributed by atoms with Gasteiger partial charge in [-0.3, -0.25) is 4.90 Å². The average Bonchev–Trinajstić information content (AvgIpc) is 2.13. The van der Waals surface area contributed by atoms with Gasteiger partial charge in [0.25, 0.3) is 0 Å². The van der Waals surface area contributed by atoms with Gasteiger partial charge in [0.1, 0.15) is 17.5 Å². The Morgan fingerprint density at radius 2 is 1.75 bits per heavy atom. The van der Waals surface area contributed by atoms with Crippen LogP contribution in [0.2, 0.25) is 0 Å². The highest BCUT2D eigenvalue weighted by molar-refractivity contribution is 5.21. The number of aliphatic hydroxyl groups excluding tert-OH is 1. The monoisotopic (exact) mass is 231 g/mol. The first-order valence-corrected chi connectivity index (χ1v) is 5.06. The second-order valence-corrected chi connectivity index (χ2v) is 4.09. The van der Waals surface area contributed by atoms with Crippen molar-refractivity contribution < 1.29 is 18.3 Å². The first-order chi connectivity index (χ1) is 7.60. The van der Waals surface area contributed by atoms with E-state index in [1.165, 1.54) is 0 Å². The fourth-order valence-electron chi connectivity index (χ4n) is 1.87. The van der Waals surface area contributed by atoms with E-state index in [1.807, 2.05) is 0 Å². The lowest BCUT2D eigenvalue weighted by molar-refractivity contribution is 0.0462. The molecule has 1 N–H and O–H groups in total. The summed E-state index contributed by atoms with van der Waals surface area (Å²) in [5, 5.41) is 8.79. The van der Waals surface area contributed by atoms with Crippen LogP contribution < -0.4 is 0 Å². The number of likely N-dealkylation sites (tertiary alicyclic amines) is 1. The van der Waals surface area contributed by atoms with Crippen molar-refractivity contribution in [3.05, 3.63) is 35.1 Å². The van der Waals surface area contributed by atoms with Gasteiger partial charge >= 0.3 is 0 Å². The zero-order valence-electron chi connectivity index (χ0n) is 8.59. The van der Waals surface area contributed by atoms with Gasteiger partial charge in [-0.05, 0) is 0 Å². The Bertz CT molecular complexity index is 368. The summed E-state index contributed by atoms with van der Waals surface area (Å²) in [4.78, 5) is 1.81. The maximum absolute atomic E-state index is 13.3. The van der Waals surface area contributed by atoms with E-state index in [-0.39, 0.29) is 24.6 Å². The van der Waals surface area contributed by atoms with Gasteiger partial charge < -0.3 is 5.11 Å². The summed E-state index contributed by atoms with van der Waals surface area (Å²) in [6, 6.07) is 1.36. The molecule has 1 aliphatic rings. The molecule has 0 atom stereocenters. The van der Waals surface area contributed by atoms with Crippen molar-refractivity contribution in [3.8, 4) is 0 Å². The average molecular weight is 231 g/mol. The molecule has 1 aliphatic heterocycles. The van der Waals surface area contributed by atoms with Crippen molar-refractivity contribution >= 4 is 0 Å². The molecule has 0 bridgehead atoms. The molecule has 5 heteroatoms. The molecule has 0 radical (unpaired) electrons. The molecular formula is C11H12F3NO. The van der Waals surface area contributed by atoms with Gasteiger partial charge in [0.15, 0.2) is 0 Å². The lowest BCUT2D eigenvalue weighted by Gasteiger charge is -2.38. The molecule has 1 aromatic carbocycles. The fraction of sp³-hybridized carbons (Fsp3) is 0.455. The Balaban J connectivity index is 2.05. The van der Waals surface area contributed by atoms with Crippen molar-refractivity contribution in [2.45, 2.75) is 6.54 Å². The van der Waals surface area contributed by atoms with Gasteiger partial charge in [0.2, 0.25) is 0 Å². The van der Waals surface area contributed by atoms with E-state index < -0.39 is 17.5 Å². The molecule has 0 spiro atoms. The highest BCUT2D eigenvalue weighted by Gasteiger charge is 2.27. The van der Waals surface area contributed by atoms with E-state index in [1.54, 1.807) is 4.90 Å². The van der Waals surface area contributed by atoms with Crippen LogP contribution in [0.4, 0.5) is 13.2 Å². The zero-order valence-corrected chi connectivity index (χ0v) is 8.59. The number of benzene rings is 1. The van der Waals surface area contributed by atoms with Crippen molar-refractivity contribution in [1.82, 2.24) is 4.90 Å². The molecule has 0 saturated carbocycles. The summed E-state index contributed by atoms with van der Waals surface area (Å²) in [6.45, 7) is 1.44. The van der Waals surface area contributed by atoms with E-state index >= 15 is 0 Å². The first kappa shape index (κ1) is 11.4. The minimum atomic E-state index is -0.907. The molecule has 88 valence electrons. The van der Waals surface area contributed by atoms with Crippen molar-refractivity contribution in [2.24, 2.45) is 5.92 Å². The summed E-state index contributed by atoms with van der Waals surface area (Å²) in [7, 11) is 0. The summed E-state index contributed by atoms with van der Waals surface area (Å²) >= 11 is 0. The maximum atomic E-state index is 13.3. The van der Waals surface area contributed by atoms with Crippen molar-refractivity contribution in [1.29, 1.82) is 0 Å². The standard InChI is InChI=1S/C11H12F3NO/c12-8-1-10(13)9(11(14)2-8)5-15-3-7(4-15)6-16/h1-2,7,16H,3-6H2. The molecule has 2 rings (SSSR count). The predicted molar refractivity (Wildman–Crippen MR) is 52.2 cm³/mol. The van der Waals surface area contributed by atoms with Gasteiger partial charge in [-0.25, -0.2) is 13.2 Å². The smallest absolute Gasteiger partial charge is 0.133 e. The van der Waals surface area contributed by atoms with Crippen molar-refractivity contribution in [2.75, 3.05) is 19.7 Å². The van der Waals surface area contributed by atoms with Crippen molar-refractivity contribution in [3.63, 3.8) is 0 Å². The third-order valence-electron chi connectivity index (χ3n) is 2.78. The van der Waals surface area contributed by atoms with Crippen LogP contribution in [0.15, 0.2) is 12.1 Å². The second kappa shape index (κ2) is 4.43. The number of aliphatic hydroxyl groups is 1. The minimum Gasteiger partial charge on any atom is -0.396 e. The molecule has 1 heterocycles. The fourth-order valence-corrected chi connectivity index (χ4v) is 1.87. The molecule has 16 heavy (non-hydrogen) atoms. The Morgan fingerprint density at radius 3 is 2.25 bits per heavy atom. The van der Waals surface area contributed by atoms with E-state index in [0.717, 1.165) is 0 Å². The Kier molecular flexibility index (Phi) is 3.16. The van der Waals surface area contributed by atoms with Crippen LogP contribution in [0.3, 0.4) is 0 Å². The van der Waals surface area contributed by atoms with E-state index in [0.29, 0.717) is 25.2 Å². The SMILES string of the molecule is OCC1CN(Cc2c(F)cc(F)cc2F)C1. The lowest BCUT2D eigenvalue weighted by Crippen LogP contribution is -2.47. The van der Waals surface area contributed by atoms with Crippen LogP contribution >= 0.6 is 0 Å². The van der Waals surface area contributed by atoms with E-state index in [4.69, 9.17) is 5.11 Å². The first-order valence-electron chi connectivity index (χ1n) is 5.06. The Hall–Kier alpha value is -1.07. The molecule has 0 aromatic heterocycles. The Morgan fingerprint density at radius 1 is 1.19 bits per heavy atom. The van der Waals surface area contributed by atoms with Gasteiger partial charge in [-0.15, -0.1) is 0 Å². The van der Waals surface area contributed by atoms with Crippen LogP contribution in [-0.2, 0) is 6.54 Å². The number of nitrogens with zero attached hydrogens (tertiary/aromatic N) is 1. The molecule has 2 nitrogen and oxygen atoms in total. The number of halogens is 3. The number of hydrogen-bond acceptors (Lipinski definition) is 2. The molecule has 0 amide bonds. The zero-order chi connectivity index (χ0) is 11.7. The van der Waals surface area contributed by atoms with Crippen LogP contribution in [0, 0.1) is 23.4 Å². The summed E-state index contributed by atoms with van der Waals surface area (Å²) < 4.78 is 39.1. The second-order valence-electron chi connectivity index (χ2n) is 4.09. The minimum absolute atomic E-state index is 0.0882. The molecule has 1 saturated heterocycles. The molecular weight excluding hydrogens is 219 g/mol.